The van der Waals surface area contributed by atoms with Crippen molar-refractivity contribution < 1.29 is 19.1 Å². The second-order valence-electron chi connectivity index (χ2n) is 8.58. The first-order chi connectivity index (χ1) is 16.6. The summed E-state index contributed by atoms with van der Waals surface area (Å²) in [5.74, 6) is 1.35. The van der Waals surface area contributed by atoms with Gasteiger partial charge in [0.25, 0.3) is 5.91 Å². The van der Waals surface area contributed by atoms with Crippen molar-refractivity contribution in [3.05, 3.63) is 53.9 Å². The lowest BCUT2D eigenvalue weighted by atomic mass is 10.2. The fourth-order valence-electron chi connectivity index (χ4n) is 4.57. The van der Waals surface area contributed by atoms with Crippen LogP contribution in [0.25, 0.3) is 11.0 Å². The lowest BCUT2D eigenvalue weighted by Gasteiger charge is -2.15. The number of pyridine rings is 1. The second kappa shape index (κ2) is 10.1. The zero-order valence-electron chi connectivity index (χ0n) is 19.1. The number of aromatic nitrogens is 2. The van der Waals surface area contributed by atoms with Crippen molar-refractivity contribution in [2.75, 3.05) is 35.9 Å². The molecule has 2 unspecified atom stereocenters. The molecule has 0 spiro atoms. The predicted molar refractivity (Wildman–Crippen MR) is 134 cm³/mol. The molecule has 1 aromatic carbocycles. The second-order valence-corrected chi connectivity index (χ2v) is 9.73. The van der Waals surface area contributed by atoms with E-state index in [1.165, 1.54) is 7.11 Å². The van der Waals surface area contributed by atoms with Crippen molar-refractivity contribution in [3.63, 3.8) is 0 Å². The van der Waals surface area contributed by atoms with E-state index in [1.807, 2.05) is 28.5 Å². The summed E-state index contributed by atoms with van der Waals surface area (Å²) < 4.78 is 12.8. The van der Waals surface area contributed by atoms with E-state index in [1.54, 1.807) is 30.5 Å². The van der Waals surface area contributed by atoms with Crippen LogP contribution in [-0.4, -0.2) is 58.8 Å². The average molecular weight is 481 g/mol. The maximum Gasteiger partial charge on any atom is 0.356 e. The maximum atomic E-state index is 13.1. The predicted octanol–water partition coefficient (Wildman–Crippen LogP) is 4.17. The van der Waals surface area contributed by atoms with Crippen LogP contribution in [0.15, 0.2) is 42.6 Å². The van der Waals surface area contributed by atoms with Crippen LogP contribution in [0.3, 0.4) is 0 Å². The number of benzene rings is 1. The molecule has 2 saturated heterocycles. The third-order valence-corrected chi connectivity index (χ3v) is 7.42. The molecule has 2 fully saturated rings. The minimum absolute atomic E-state index is 0.0215. The topological polar surface area (TPSA) is 94.5 Å². The molecule has 8 nitrogen and oxygen atoms in total. The van der Waals surface area contributed by atoms with Crippen molar-refractivity contribution in [3.8, 4) is 0 Å². The standard InChI is InChI=1S/C25H28N4O4S/c1-32-25(31)22-21(28-24(30)16-6-3-2-4-7-16)20-12-18(27-17-9-11-34-15-17)13-26-23(20)29(22)14-19-8-5-10-33-19/h2-4,6-7,12-13,17,19,27H,5,8-11,14-15H2,1H3,(H,28,30). The Labute approximate surface area is 202 Å². The van der Waals surface area contributed by atoms with E-state index in [0.717, 1.165) is 36.5 Å². The fraction of sp³-hybridized carbons (Fsp3) is 0.400. The Bertz CT molecular complexity index is 1180. The van der Waals surface area contributed by atoms with Gasteiger partial charge in [-0.1, -0.05) is 18.2 Å². The lowest BCUT2D eigenvalue weighted by molar-refractivity contribution is 0.0580. The van der Waals surface area contributed by atoms with Gasteiger partial charge in [0.2, 0.25) is 0 Å². The van der Waals surface area contributed by atoms with Crippen LogP contribution in [-0.2, 0) is 16.0 Å². The van der Waals surface area contributed by atoms with E-state index in [-0.39, 0.29) is 17.7 Å². The molecule has 0 aliphatic carbocycles. The van der Waals surface area contributed by atoms with Crippen LogP contribution in [0.5, 0.6) is 0 Å². The number of amides is 1. The van der Waals surface area contributed by atoms with E-state index in [4.69, 9.17) is 14.5 Å². The summed E-state index contributed by atoms with van der Waals surface area (Å²) >= 11 is 1.93. The van der Waals surface area contributed by atoms with Crippen molar-refractivity contribution in [2.45, 2.75) is 38.0 Å². The van der Waals surface area contributed by atoms with Gasteiger partial charge >= 0.3 is 5.97 Å². The van der Waals surface area contributed by atoms with Gasteiger partial charge in [-0.15, -0.1) is 0 Å². The van der Waals surface area contributed by atoms with E-state index in [2.05, 4.69) is 10.6 Å². The molecule has 2 aliphatic rings. The lowest BCUT2D eigenvalue weighted by Crippen LogP contribution is -2.21. The number of fused-ring (bicyclic) bond motifs is 1. The zero-order chi connectivity index (χ0) is 23.5. The van der Waals surface area contributed by atoms with E-state index >= 15 is 0 Å². The van der Waals surface area contributed by atoms with Crippen LogP contribution >= 0.6 is 11.8 Å². The van der Waals surface area contributed by atoms with Crippen LogP contribution in [0.2, 0.25) is 0 Å². The van der Waals surface area contributed by atoms with Crippen molar-refractivity contribution in [2.24, 2.45) is 0 Å². The van der Waals surface area contributed by atoms with Gasteiger partial charge in [0.1, 0.15) is 5.65 Å². The number of hydrogen-bond acceptors (Lipinski definition) is 7. The number of ether oxygens (including phenoxy) is 2. The first kappa shape index (κ1) is 22.7. The number of hydrogen-bond donors (Lipinski definition) is 2. The van der Waals surface area contributed by atoms with Gasteiger partial charge in [0.15, 0.2) is 5.69 Å². The molecule has 0 radical (unpaired) electrons. The first-order valence-electron chi connectivity index (χ1n) is 11.6. The fourth-order valence-corrected chi connectivity index (χ4v) is 5.72. The molecule has 3 aromatic rings. The molecule has 2 N–H and O–H groups in total. The Morgan fingerprint density at radius 3 is 2.82 bits per heavy atom. The molecule has 2 aromatic heterocycles. The Morgan fingerprint density at radius 1 is 1.26 bits per heavy atom. The van der Waals surface area contributed by atoms with Gasteiger partial charge in [0.05, 0.1) is 37.3 Å². The van der Waals surface area contributed by atoms with Gasteiger partial charge in [-0.2, -0.15) is 11.8 Å². The Balaban J connectivity index is 1.60. The highest BCUT2D eigenvalue weighted by Crippen LogP contribution is 2.34. The van der Waals surface area contributed by atoms with Gasteiger partial charge < -0.3 is 24.7 Å². The largest absolute Gasteiger partial charge is 0.464 e. The summed E-state index contributed by atoms with van der Waals surface area (Å²) in [5, 5.41) is 7.21. The summed E-state index contributed by atoms with van der Waals surface area (Å²) in [5.41, 5.74) is 2.67. The Morgan fingerprint density at radius 2 is 2.12 bits per heavy atom. The minimum atomic E-state index is -0.527. The summed E-state index contributed by atoms with van der Waals surface area (Å²) in [6.45, 7) is 1.16. The molecule has 4 heterocycles. The van der Waals surface area contributed by atoms with Gasteiger partial charge in [-0.25, -0.2) is 9.78 Å². The number of anilines is 2. The Hall–Kier alpha value is -3.04. The summed E-state index contributed by atoms with van der Waals surface area (Å²) in [6.07, 6.45) is 4.75. The van der Waals surface area contributed by atoms with E-state index in [9.17, 15) is 9.59 Å². The quantitative estimate of drug-likeness (QED) is 0.490. The molecule has 2 atom stereocenters. The molecule has 0 bridgehead atoms. The molecule has 2 aliphatic heterocycles. The molecule has 1 amide bonds. The number of carbonyl (C=O) groups excluding carboxylic acids is 2. The smallest absolute Gasteiger partial charge is 0.356 e. The van der Waals surface area contributed by atoms with Crippen LogP contribution < -0.4 is 10.6 Å². The number of thioether (sulfide) groups is 1. The first-order valence-corrected chi connectivity index (χ1v) is 12.7. The highest BCUT2D eigenvalue weighted by Gasteiger charge is 2.29. The molecular weight excluding hydrogens is 452 g/mol. The van der Waals surface area contributed by atoms with Gasteiger partial charge in [0, 0.05) is 29.4 Å². The molecule has 9 heteroatoms. The minimum Gasteiger partial charge on any atom is -0.464 e. The third kappa shape index (κ3) is 4.63. The summed E-state index contributed by atoms with van der Waals surface area (Å²) in [6, 6.07) is 11.3. The highest BCUT2D eigenvalue weighted by molar-refractivity contribution is 7.99. The molecule has 178 valence electrons. The van der Waals surface area contributed by atoms with E-state index in [0.29, 0.717) is 41.5 Å². The normalized spacial score (nSPS) is 19.9. The number of rotatable bonds is 7. The molecule has 0 saturated carbocycles. The third-order valence-electron chi connectivity index (χ3n) is 6.26. The van der Waals surface area contributed by atoms with Crippen LogP contribution in [0, 0.1) is 0 Å². The number of nitrogens with one attached hydrogen (secondary N) is 2. The van der Waals surface area contributed by atoms with E-state index < -0.39 is 5.97 Å². The van der Waals surface area contributed by atoms with Gasteiger partial charge in [-0.05, 0) is 43.2 Å². The maximum absolute atomic E-state index is 13.1. The highest BCUT2D eigenvalue weighted by atomic mass is 32.2. The summed E-state index contributed by atoms with van der Waals surface area (Å²) in [7, 11) is 1.34. The number of esters is 1. The Kier molecular flexibility index (Phi) is 6.73. The average Bonchev–Trinajstić information content (AvgIpc) is 3.62. The molecule has 5 rings (SSSR count). The zero-order valence-corrected chi connectivity index (χ0v) is 19.9. The monoisotopic (exact) mass is 480 g/mol. The SMILES string of the molecule is COC(=O)c1c(NC(=O)c2ccccc2)c2cc(NC3CCSC3)cnc2n1CC1CCCO1. The number of carbonyl (C=O) groups is 2. The van der Waals surface area contributed by atoms with Crippen LogP contribution in [0.1, 0.15) is 40.1 Å². The number of methoxy groups -OCH3 is 1. The van der Waals surface area contributed by atoms with Crippen molar-refractivity contribution in [1.29, 1.82) is 0 Å². The summed E-state index contributed by atoms with van der Waals surface area (Å²) in [4.78, 5) is 30.8. The van der Waals surface area contributed by atoms with Crippen LogP contribution in [0.4, 0.5) is 11.4 Å². The number of nitrogens with zero attached hydrogens (tertiary/aromatic N) is 2. The molecular formula is C25H28N4O4S. The van der Waals surface area contributed by atoms with Gasteiger partial charge in [-0.3, -0.25) is 4.79 Å². The molecule has 34 heavy (non-hydrogen) atoms. The van der Waals surface area contributed by atoms with Crippen molar-refractivity contribution in [1.82, 2.24) is 9.55 Å². The van der Waals surface area contributed by atoms with Crippen molar-refractivity contribution >= 4 is 46.0 Å².